The third-order valence-corrected chi connectivity index (χ3v) is 5.66. The second kappa shape index (κ2) is 6.14. The number of aromatic nitrogens is 6. The standard InChI is InChI=1S/C19H23N7O/c1-12-8-18-20-9-16(13(2)26(18)22-12)19(27)25-7-3-4-15(25)10-24-11-17(21-23-24)14-5-6-14/h8-9,11,14-15H,3-7,10H2,1-2H3/t15-/m0/s1. The molecule has 0 bridgehead atoms. The van der Waals surface area contributed by atoms with E-state index in [9.17, 15) is 4.79 Å². The molecule has 0 radical (unpaired) electrons. The molecule has 0 N–H and O–H groups in total. The maximum absolute atomic E-state index is 13.2. The van der Waals surface area contributed by atoms with E-state index in [1.807, 2.05) is 35.7 Å². The van der Waals surface area contributed by atoms with Crippen LogP contribution < -0.4 is 0 Å². The first-order chi connectivity index (χ1) is 13.1. The van der Waals surface area contributed by atoms with E-state index in [4.69, 9.17) is 0 Å². The summed E-state index contributed by atoms with van der Waals surface area (Å²) in [5, 5.41) is 13.0. The zero-order valence-corrected chi connectivity index (χ0v) is 15.7. The van der Waals surface area contributed by atoms with Crippen molar-refractivity contribution in [1.82, 2.24) is 34.5 Å². The Morgan fingerprint density at radius 1 is 1.26 bits per heavy atom. The zero-order chi connectivity index (χ0) is 18.5. The Balaban J connectivity index is 1.38. The molecule has 8 heteroatoms. The maximum atomic E-state index is 13.2. The summed E-state index contributed by atoms with van der Waals surface area (Å²) in [6.45, 7) is 5.32. The SMILES string of the molecule is Cc1cc2ncc(C(=O)N3CCC[C@H]3Cn3cc(C4CC4)nn3)c(C)n2n1. The Kier molecular flexibility index (Phi) is 3.73. The largest absolute Gasteiger partial charge is 0.334 e. The molecule has 5 rings (SSSR count). The third kappa shape index (κ3) is 2.89. The smallest absolute Gasteiger partial charge is 0.257 e. The minimum absolute atomic E-state index is 0.0279. The normalized spacial score (nSPS) is 19.9. The van der Waals surface area contributed by atoms with E-state index >= 15 is 0 Å². The van der Waals surface area contributed by atoms with Gasteiger partial charge in [-0.15, -0.1) is 5.10 Å². The van der Waals surface area contributed by atoms with Crippen LogP contribution in [0.25, 0.3) is 5.65 Å². The minimum Gasteiger partial charge on any atom is -0.334 e. The number of likely N-dealkylation sites (tertiary alicyclic amines) is 1. The summed E-state index contributed by atoms with van der Waals surface area (Å²) in [6.07, 6.45) is 8.16. The van der Waals surface area contributed by atoms with Crippen LogP contribution >= 0.6 is 0 Å². The maximum Gasteiger partial charge on any atom is 0.257 e. The second-order valence-corrected chi connectivity index (χ2v) is 7.75. The quantitative estimate of drug-likeness (QED) is 0.707. The molecule has 1 aliphatic carbocycles. The van der Waals surface area contributed by atoms with Crippen molar-refractivity contribution in [3.63, 3.8) is 0 Å². The molecule has 1 saturated heterocycles. The molecular weight excluding hydrogens is 342 g/mol. The molecule has 8 nitrogen and oxygen atoms in total. The van der Waals surface area contributed by atoms with Crippen LogP contribution in [0.15, 0.2) is 18.5 Å². The topological polar surface area (TPSA) is 81.2 Å². The monoisotopic (exact) mass is 365 g/mol. The molecule has 2 fully saturated rings. The van der Waals surface area contributed by atoms with Crippen LogP contribution in [0.4, 0.5) is 0 Å². The molecule has 140 valence electrons. The molecule has 1 saturated carbocycles. The summed E-state index contributed by atoms with van der Waals surface area (Å²) < 4.78 is 3.65. The summed E-state index contributed by atoms with van der Waals surface area (Å²) in [7, 11) is 0. The lowest BCUT2D eigenvalue weighted by Gasteiger charge is -2.25. The first-order valence-corrected chi connectivity index (χ1v) is 9.63. The molecule has 4 heterocycles. The van der Waals surface area contributed by atoms with Crippen molar-refractivity contribution in [2.24, 2.45) is 0 Å². The van der Waals surface area contributed by atoms with Crippen LogP contribution in [-0.2, 0) is 6.54 Å². The Morgan fingerprint density at radius 3 is 2.93 bits per heavy atom. The first kappa shape index (κ1) is 16.4. The zero-order valence-electron chi connectivity index (χ0n) is 15.7. The third-order valence-electron chi connectivity index (χ3n) is 5.66. The van der Waals surface area contributed by atoms with E-state index in [0.29, 0.717) is 18.0 Å². The van der Waals surface area contributed by atoms with Crippen molar-refractivity contribution in [2.45, 2.75) is 58.0 Å². The van der Waals surface area contributed by atoms with Crippen LogP contribution in [0.5, 0.6) is 0 Å². The van der Waals surface area contributed by atoms with E-state index < -0.39 is 0 Å². The molecule has 1 amide bonds. The number of carbonyl (C=O) groups excluding carboxylic acids is 1. The highest BCUT2D eigenvalue weighted by Gasteiger charge is 2.32. The van der Waals surface area contributed by atoms with Gasteiger partial charge in [-0.1, -0.05) is 5.21 Å². The average Bonchev–Trinajstić information content (AvgIpc) is 3.04. The van der Waals surface area contributed by atoms with Gasteiger partial charge in [-0.3, -0.25) is 9.48 Å². The van der Waals surface area contributed by atoms with Crippen molar-refractivity contribution < 1.29 is 4.79 Å². The van der Waals surface area contributed by atoms with E-state index in [0.717, 1.165) is 42.1 Å². The first-order valence-electron chi connectivity index (χ1n) is 9.63. The van der Waals surface area contributed by atoms with Crippen molar-refractivity contribution in [3.8, 4) is 0 Å². The summed E-state index contributed by atoms with van der Waals surface area (Å²) in [6, 6.07) is 2.06. The molecule has 0 spiro atoms. The highest BCUT2D eigenvalue weighted by Crippen LogP contribution is 2.38. The molecule has 3 aromatic heterocycles. The fourth-order valence-corrected chi connectivity index (χ4v) is 4.01. The number of amides is 1. The lowest BCUT2D eigenvalue weighted by atomic mass is 10.1. The lowest BCUT2D eigenvalue weighted by Crippen LogP contribution is -2.38. The fourth-order valence-electron chi connectivity index (χ4n) is 4.01. The van der Waals surface area contributed by atoms with Gasteiger partial charge in [0.25, 0.3) is 5.91 Å². The van der Waals surface area contributed by atoms with Crippen LogP contribution in [0, 0.1) is 13.8 Å². The Bertz CT molecular complexity index is 1020. The predicted molar refractivity (Wildman–Crippen MR) is 98.5 cm³/mol. The fraction of sp³-hybridized carbons (Fsp3) is 0.526. The summed E-state index contributed by atoms with van der Waals surface area (Å²) in [5.74, 6) is 0.623. The van der Waals surface area contributed by atoms with Crippen LogP contribution in [0.3, 0.4) is 0 Å². The number of fused-ring (bicyclic) bond motifs is 1. The minimum atomic E-state index is 0.0279. The molecule has 0 unspecified atom stereocenters. The molecule has 2 aliphatic rings. The second-order valence-electron chi connectivity index (χ2n) is 7.75. The van der Waals surface area contributed by atoms with Gasteiger partial charge in [0.1, 0.15) is 0 Å². The van der Waals surface area contributed by atoms with Gasteiger partial charge in [0.05, 0.1) is 35.2 Å². The van der Waals surface area contributed by atoms with Crippen molar-refractivity contribution in [2.75, 3.05) is 6.54 Å². The Hall–Kier alpha value is -2.77. The van der Waals surface area contributed by atoms with Gasteiger partial charge in [0, 0.05) is 30.9 Å². The summed E-state index contributed by atoms with van der Waals surface area (Å²) in [4.78, 5) is 19.6. The number of carbonyl (C=O) groups is 1. The summed E-state index contributed by atoms with van der Waals surface area (Å²) in [5.41, 5.74) is 4.21. The van der Waals surface area contributed by atoms with Gasteiger partial charge in [0.15, 0.2) is 5.65 Å². The van der Waals surface area contributed by atoms with Crippen LogP contribution in [0.2, 0.25) is 0 Å². The number of aryl methyl sites for hydroxylation is 2. The lowest BCUT2D eigenvalue weighted by molar-refractivity contribution is 0.0719. The molecule has 1 atom stereocenters. The summed E-state index contributed by atoms with van der Waals surface area (Å²) >= 11 is 0. The van der Waals surface area contributed by atoms with Gasteiger partial charge in [0.2, 0.25) is 0 Å². The number of nitrogens with zero attached hydrogens (tertiary/aromatic N) is 7. The molecule has 0 aromatic carbocycles. The molecule has 27 heavy (non-hydrogen) atoms. The molecular formula is C19H23N7O. The number of rotatable bonds is 4. The van der Waals surface area contributed by atoms with E-state index in [1.54, 1.807) is 10.7 Å². The van der Waals surface area contributed by atoms with Gasteiger partial charge in [-0.2, -0.15) is 5.10 Å². The molecule has 1 aliphatic heterocycles. The van der Waals surface area contributed by atoms with Crippen LogP contribution in [0.1, 0.15) is 59.0 Å². The Labute approximate surface area is 157 Å². The predicted octanol–water partition coefficient (Wildman–Crippen LogP) is 2.12. The van der Waals surface area contributed by atoms with E-state index in [1.165, 1.54) is 12.8 Å². The number of hydrogen-bond donors (Lipinski definition) is 0. The van der Waals surface area contributed by atoms with Gasteiger partial charge in [-0.25, -0.2) is 9.50 Å². The van der Waals surface area contributed by atoms with Crippen molar-refractivity contribution in [1.29, 1.82) is 0 Å². The highest BCUT2D eigenvalue weighted by molar-refractivity contribution is 5.95. The Morgan fingerprint density at radius 2 is 2.11 bits per heavy atom. The van der Waals surface area contributed by atoms with E-state index in [2.05, 4.69) is 20.4 Å². The van der Waals surface area contributed by atoms with Gasteiger partial charge < -0.3 is 4.90 Å². The highest BCUT2D eigenvalue weighted by atomic mass is 16.2. The van der Waals surface area contributed by atoms with Gasteiger partial charge in [-0.05, 0) is 39.5 Å². The molecule has 3 aromatic rings. The van der Waals surface area contributed by atoms with Crippen molar-refractivity contribution in [3.05, 3.63) is 41.1 Å². The van der Waals surface area contributed by atoms with Crippen molar-refractivity contribution >= 4 is 11.6 Å². The number of hydrogen-bond acceptors (Lipinski definition) is 5. The van der Waals surface area contributed by atoms with Crippen LogP contribution in [-0.4, -0.2) is 53.0 Å². The van der Waals surface area contributed by atoms with Gasteiger partial charge >= 0.3 is 0 Å². The average molecular weight is 365 g/mol. The van der Waals surface area contributed by atoms with E-state index in [-0.39, 0.29) is 11.9 Å².